The standard InChI is InChI=1S/C47H42N4O10/c1-27(2)26-61-44-35(17-20-37(43(44)56)40(53)21-28-5-13-34(14-6-28)47(59)60)23-39(52)31-9-3-29(4-10-31)22-41(54)38(24-42(49)55)51-46(58)33-15-18-36(19-16-33)50-45(57)32-11-7-30(25-48)8-12-32/h3-20,27,38,56H,21-24,26H2,1-2H3,(H2,49,55)(H,50,57)(H,51,58)(H,59,60)/t38-/m0/s1. The average Bonchev–Trinajstić information content (AvgIpc) is 3.23. The maximum Gasteiger partial charge on any atom is 0.335 e. The number of amides is 3. The van der Waals surface area contributed by atoms with Gasteiger partial charge in [0.15, 0.2) is 28.8 Å². The normalized spacial score (nSPS) is 11.2. The van der Waals surface area contributed by atoms with Crippen LogP contribution in [0.3, 0.4) is 0 Å². The van der Waals surface area contributed by atoms with Gasteiger partial charge >= 0.3 is 5.97 Å². The van der Waals surface area contributed by atoms with Crippen LogP contribution in [0.25, 0.3) is 0 Å². The highest BCUT2D eigenvalue weighted by Gasteiger charge is 2.25. The number of ketones is 3. The molecule has 0 spiro atoms. The number of benzene rings is 5. The van der Waals surface area contributed by atoms with Crippen molar-refractivity contribution in [1.29, 1.82) is 5.26 Å². The van der Waals surface area contributed by atoms with Crippen LogP contribution in [0.15, 0.2) is 109 Å². The van der Waals surface area contributed by atoms with Gasteiger partial charge in [0.1, 0.15) is 0 Å². The number of hydrogen-bond acceptors (Lipinski definition) is 10. The number of primary amides is 1. The minimum atomic E-state index is -1.26. The largest absolute Gasteiger partial charge is 0.504 e. The highest BCUT2D eigenvalue weighted by Crippen LogP contribution is 2.36. The van der Waals surface area contributed by atoms with Gasteiger partial charge in [-0.25, -0.2) is 4.79 Å². The van der Waals surface area contributed by atoms with E-state index >= 15 is 0 Å². The summed E-state index contributed by atoms with van der Waals surface area (Å²) in [5.74, 6) is -4.63. The monoisotopic (exact) mass is 822 g/mol. The Labute approximate surface area is 351 Å². The molecule has 0 aliphatic rings. The minimum Gasteiger partial charge on any atom is -0.504 e. The molecule has 0 aromatic heterocycles. The van der Waals surface area contributed by atoms with Crippen molar-refractivity contribution in [2.24, 2.45) is 11.7 Å². The number of carboxylic acid groups (broad SMARTS) is 1. The van der Waals surface area contributed by atoms with Gasteiger partial charge in [-0.05, 0) is 83.8 Å². The van der Waals surface area contributed by atoms with Crippen molar-refractivity contribution in [3.63, 3.8) is 0 Å². The van der Waals surface area contributed by atoms with Crippen molar-refractivity contribution in [2.45, 2.75) is 45.6 Å². The lowest BCUT2D eigenvalue weighted by molar-refractivity contribution is -0.125. The Bertz CT molecular complexity index is 2510. The van der Waals surface area contributed by atoms with Gasteiger partial charge in [0.25, 0.3) is 11.8 Å². The van der Waals surface area contributed by atoms with E-state index < -0.39 is 53.5 Å². The molecule has 0 aliphatic heterocycles. The predicted molar refractivity (Wildman–Crippen MR) is 224 cm³/mol. The highest BCUT2D eigenvalue weighted by atomic mass is 16.5. The third-order valence-corrected chi connectivity index (χ3v) is 9.43. The second-order valence-electron chi connectivity index (χ2n) is 14.6. The van der Waals surface area contributed by atoms with Gasteiger partial charge in [-0.15, -0.1) is 0 Å². The number of carboxylic acids is 1. The molecule has 0 fully saturated rings. The topological polar surface area (TPSA) is 243 Å². The molecular formula is C47H42N4O10. The summed E-state index contributed by atoms with van der Waals surface area (Å²) in [4.78, 5) is 88.9. The van der Waals surface area contributed by atoms with Crippen molar-refractivity contribution < 1.29 is 48.5 Å². The van der Waals surface area contributed by atoms with Crippen LogP contribution >= 0.6 is 0 Å². The molecule has 61 heavy (non-hydrogen) atoms. The molecule has 5 rings (SSSR count). The fraction of sp³-hybridized carbons (Fsp3) is 0.191. The van der Waals surface area contributed by atoms with Crippen molar-refractivity contribution in [3.8, 4) is 17.6 Å². The summed E-state index contributed by atoms with van der Waals surface area (Å²) < 4.78 is 5.92. The first-order valence-electron chi connectivity index (χ1n) is 19.1. The Morgan fingerprint density at radius 3 is 1.82 bits per heavy atom. The summed E-state index contributed by atoms with van der Waals surface area (Å²) >= 11 is 0. The van der Waals surface area contributed by atoms with E-state index in [-0.39, 0.29) is 65.6 Å². The van der Waals surface area contributed by atoms with Crippen LogP contribution in [0.2, 0.25) is 0 Å². The van der Waals surface area contributed by atoms with E-state index in [1.54, 1.807) is 18.2 Å². The minimum absolute atomic E-state index is 0.00119. The molecule has 0 heterocycles. The first kappa shape index (κ1) is 44.2. The Morgan fingerprint density at radius 2 is 1.25 bits per heavy atom. The Balaban J connectivity index is 1.22. The van der Waals surface area contributed by atoms with E-state index in [0.29, 0.717) is 33.5 Å². The summed E-state index contributed by atoms with van der Waals surface area (Å²) in [5, 5.41) is 34.6. The van der Waals surface area contributed by atoms with Crippen molar-refractivity contribution >= 4 is 46.7 Å². The fourth-order valence-corrected chi connectivity index (χ4v) is 6.13. The summed E-state index contributed by atoms with van der Waals surface area (Å²) in [7, 11) is 0. The van der Waals surface area contributed by atoms with Crippen LogP contribution in [0, 0.1) is 17.2 Å². The van der Waals surface area contributed by atoms with Gasteiger partial charge in [0.05, 0.1) is 41.8 Å². The number of hydrogen-bond donors (Lipinski definition) is 5. The Kier molecular flexibility index (Phi) is 14.6. The molecule has 3 amide bonds. The van der Waals surface area contributed by atoms with E-state index in [1.807, 2.05) is 19.9 Å². The van der Waals surface area contributed by atoms with Crippen LogP contribution in [0.1, 0.15) is 94.3 Å². The number of nitrogens with zero attached hydrogens (tertiary/aromatic N) is 1. The molecule has 6 N–H and O–H groups in total. The maximum atomic E-state index is 13.5. The number of nitrogens with one attached hydrogen (secondary N) is 2. The first-order valence-corrected chi connectivity index (χ1v) is 19.1. The lowest BCUT2D eigenvalue weighted by atomic mass is 9.95. The number of anilines is 1. The van der Waals surface area contributed by atoms with Gasteiger partial charge in [0, 0.05) is 47.2 Å². The van der Waals surface area contributed by atoms with Gasteiger partial charge < -0.3 is 31.3 Å². The number of carbonyl (C=O) groups excluding carboxylic acids is 6. The smallest absolute Gasteiger partial charge is 0.335 e. The molecule has 0 bridgehead atoms. The molecule has 5 aromatic rings. The molecule has 0 radical (unpaired) electrons. The molecule has 14 heteroatoms. The number of Topliss-reactive ketones (excluding diaryl/α,β-unsaturated/α-hetero) is 3. The predicted octanol–water partition coefficient (Wildman–Crippen LogP) is 5.89. The molecule has 310 valence electrons. The molecular weight excluding hydrogens is 781 g/mol. The van der Waals surface area contributed by atoms with E-state index in [2.05, 4.69) is 10.6 Å². The molecule has 0 aliphatic carbocycles. The van der Waals surface area contributed by atoms with Gasteiger partial charge in [-0.3, -0.25) is 28.8 Å². The Morgan fingerprint density at radius 1 is 0.689 bits per heavy atom. The highest BCUT2D eigenvalue weighted by molar-refractivity contribution is 6.05. The quantitative estimate of drug-likeness (QED) is 0.0615. The number of phenolic OH excluding ortho intramolecular Hbond substituents is 1. The number of carbonyl (C=O) groups is 7. The Hall–Kier alpha value is -7.92. The number of nitrogens with two attached hydrogens (primary N) is 1. The maximum absolute atomic E-state index is 13.5. The fourth-order valence-electron chi connectivity index (χ4n) is 6.13. The summed E-state index contributed by atoms with van der Waals surface area (Å²) in [6, 6.07) is 27.6. The number of phenols is 1. The zero-order chi connectivity index (χ0) is 44.2. The third-order valence-electron chi connectivity index (χ3n) is 9.43. The molecule has 5 aromatic carbocycles. The van der Waals surface area contributed by atoms with Gasteiger partial charge in [0.2, 0.25) is 5.91 Å². The van der Waals surface area contributed by atoms with E-state index in [0.717, 1.165) is 0 Å². The first-order chi connectivity index (χ1) is 29.1. The van der Waals surface area contributed by atoms with Crippen LogP contribution in [0.4, 0.5) is 5.69 Å². The summed E-state index contributed by atoms with van der Waals surface area (Å²) in [6.45, 7) is 3.99. The van der Waals surface area contributed by atoms with Crippen LogP contribution in [-0.2, 0) is 28.9 Å². The second-order valence-corrected chi connectivity index (χ2v) is 14.6. The lowest BCUT2D eigenvalue weighted by Crippen LogP contribution is -2.44. The second kappa shape index (κ2) is 20.2. The van der Waals surface area contributed by atoms with E-state index in [9.17, 15) is 38.7 Å². The van der Waals surface area contributed by atoms with Crippen molar-refractivity contribution in [2.75, 3.05) is 11.9 Å². The molecule has 0 unspecified atom stereocenters. The number of aromatic hydroxyl groups is 1. The third kappa shape index (κ3) is 12.1. The molecule has 1 atom stereocenters. The van der Waals surface area contributed by atoms with E-state index in [1.165, 1.54) is 91.0 Å². The molecule has 0 saturated heterocycles. The summed E-state index contributed by atoms with van der Waals surface area (Å²) in [6.07, 6.45) is -0.966. The van der Waals surface area contributed by atoms with Gasteiger partial charge in [-0.2, -0.15) is 5.26 Å². The van der Waals surface area contributed by atoms with Gasteiger partial charge in [-0.1, -0.05) is 56.3 Å². The van der Waals surface area contributed by atoms with E-state index in [4.69, 9.17) is 20.8 Å². The van der Waals surface area contributed by atoms with Crippen LogP contribution in [-0.4, -0.2) is 63.9 Å². The lowest BCUT2D eigenvalue weighted by Gasteiger charge is -2.17. The van der Waals surface area contributed by atoms with Crippen molar-refractivity contribution in [3.05, 3.63) is 159 Å². The number of nitriles is 1. The zero-order valence-electron chi connectivity index (χ0n) is 33.3. The number of rotatable bonds is 19. The zero-order valence-corrected chi connectivity index (χ0v) is 33.3. The van der Waals surface area contributed by atoms with Crippen LogP contribution in [0.5, 0.6) is 11.5 Å². The average molecular weight is 823 g/mol. The SMILES string of the molecule is CC(C)COc1c(CC(=O)c2ccc(CC(=O)[C@H](CC(N)=O)NC(=O)c3ccc(NC(=O)c4ccc(C#N)cc4)cc3)cc2)ccc(C(=O)Cc2ccc(C(=O)O)cc2)c1O. The number of aromatic carboxylic acids is 1. The van der Waals surface area contributed by atoms with Crippen molar-refractivity contribution in [1.82, 2.24) is 5.32 Å². The molecule has 0 saturated carbocycles. The number of ether oxygens (including phenoxy) is 1. The molecule has 14 nitrogen and oxygen atoms in total. The van der Waals surface area contributed by atoms with Crippen LogP contribution < -0.4 is 21.1 Å². The summed E-state index contributed by atoms with van der Waals surface area (Å²) in [5.41, 5.74) is 8.42.